The Morgan fingerprint density at radius 3 is 2.57 bits per heavy atom. The highest BCUT2D eigenvalue weighted by atomic mass is 35.5. The molecule has 0 bridgehead atoms. The average molecular weight is 217 g/mol. The van der Waals surface area contributed by atoms with E-state index in [1.54, 1.807) is 17.1 Å². The molecule has 0 heterocycles. The Morgan fingerprint density at radius 2 is 2.07 bits per heavy atom. The van der Waals surface area contributed by atoms with Crippen LogP contribution in [0, 0.1) is 5.82 Å². The third-order valence-corrected chi connectivity index (χ3v) is 2.21. The molecule has 0 amide bonds. The summed E-state index contributed by atoms with van der Waals surface area (Å²) in [6.07, 6.45) is 0. The number of hydrazine groups is 1. The largest absolute Gasteiger partial charge is 0.250 e. The summed E-state index contributed by atoms with van der Waals surface area (Å²) in [4.78, 5) is 0. The van der Waals surface area contributed by atoms with Crippen molar-refractivity contribution in [3.63, 3.8) is 0 Å². The highest BCUT2D eigenvalue weighted by molar-refractivity contribution is 6.31. The van der Waals surface area contributed by atoms with Crippen LogP contribution in [0.1, 0.15) is 18.5 Å². The van der Waals surface area contributed by atoms with E-state index in [1.807, 2.05) is 21.0 Å². The summed E-state index contributed by atoms with van der Waals surface area (Å²) in [5.41, 5.74) is 3.55. The quantitative estimate of drug-likeness (QED) is 0.782. The molecule has 2 nitrogen and oxygen atoms in total. The molecule has 1 unspecified atom stereocenters. The number of hydrogen-bond donors (Lipinski definition) is 1. The molecule has 0 spiro atoms. The highest BCUT2D eigenvalue weighted by Crippen LogP contribution is 2.25. The van der Waals surface area contributed by atoms with Gasteiger partial charge in [0.1, 0.15) is 5.82 Å². The second kappa shape index (κ2) is 4.73. The van der Waals surface area contributed by atoms with E-state index in [1.165, 1.54) is 6.07 Å². The van der Waals surface area contributed by atoms with Crippen molar-refractivity contribution in [1.82, 2.24) is 10.4 Å². The normalized spacial score (nSPS) is 13.3. The predicted molar refractivity (Wildman–Crippen MR) is 56.6 cm³/mol. The van der Waals surface area contributed by atoms with Crippen LogP contribution in [0.25, 0.3) is 0 Å². The molecule has 0 saturated heterocycles. The maximum atomic E-state index is 13.4. The van der Waals surface area contributed by atoms with Crippen LogP contribution < -0.4 is 5.43 Å². The Hall–Kier alpha value is -0.640. The molecular formula is C10H14ClFN2. The van der Waals surface area contributed by atoms with Crippen LogP contribution in [0.2, 0.25) is 5.02 Å². The smallest absolute Gasteiger partial charge is 0.129 e. The number of benzene rings is 1. The zero-order valence-corrected chi connectivity index (χ0v) is 9.27. The van der Waals surface area contributed by atoms with Crippen LogP contribution in [-0.2, 0) is 0 Å². The predicted octanol–water partition coefficient (Wildman–Crippen LogP) is 2.61. The summed E-state index contributed by atoms with van der Waals surface area (Å²) in [6.45, 7) is 1.87. The molecule has 1 rings (SSSR count). The molecule has 78 valence electrons. The molecule has 1 aromatic rings. The van der Waals surface area contributed by atoms with Gasteiger partial charge in [-0.05, 0) is 19.1 Å². The molecule has 0 aliphatic rings. The van der Waals surface area contributed by atoms with Gasteiger partial charge in [0, 0.05) is 30.7 Å². The first kappa shape index (κ1) is 11.4. The lowest BCUT2D eigenvalue weighted by Gasteiger charge is -2.20. The van der Waals surface area contributed by atoms with Gasteiger partial charge >= 0.3 is 0 Å². The van der Waals surface area contributed by atoms with Crippen molar-refractivity contribution >= 4 is 11.6 Å². The van der Waals surface area contributed by atoms with Crippen molar-refractivity contribution in [3.8, 4) is 0 Å². The Morgan fingerprint density at radius 1 is 1.43 bits per heavy atom. The summed E-state index contributed by atoms with van der Waals surface area (Å²) in [5.74, 6) is -0.278. The minimum atomic E-state index is -0.278. The van der Waals surface area contributed by atoms with Crippen LogP contribution in [-0.4, -0.2) is 19.1 Å². The molecule has 1 N–H and O–H groups in total. The first-order valence-electron chi connectivity index (χ1n) is 4.39. The molecule has 14 heavy (non-hydrogen) atoms. The fourth-order valence-electron chi connectivity index (χ4n) is 1.38. The van der Waals surface area contributed by atoms with E-state index >= 15 is 0 Å². The van der Waals surface area contributed by atoms with Crippen molar-refractivity contribution in [1.29, 1.82) is 0 Å². The molecule has 0 aromatic heterocycles. The van der Waals surface area contributed by atoms with E-state index < -0.39 is 0 Å². The molecule has 0 aliphatic carbocycles. The summed E-state index contributed by atoms with van der Waals surface area (Å²) in [7, 11) is 3.70. The molecule has 1 aromatic carbocycles. The maximum Gasteiger partial charge on any atom is 0.129 e. The molecule has 0 aliphatic heterocycles. The first-order chi connectivity index (χ1) is 6.52. The Balaban J connectivity index is 2.94. The molecular weight excluding hydrogens is 203 g/mol. The zero-order valence-electron chi connectivity index (χ0n) is 8.51. The zero-order chi connectivity index (χ0) is 10.7. The molecule has 0 radical (unpaired) electrons. The lowest BCUT2D eigenvalue weighted by Crippen LogP contribution is -2.33. The minimum absolute atomic E-state index is 0.140. The fraction of sp³-hybridized carbons (Fsp3) is 0.400. The monoisotopic (exact) mass is 216 g/mol. The van der Waals surface area contributed by atoms with Crippen molar-refractivity contribution in [3.05, 3.63) is 34.6 Å². The van der Waals surface area contributed by atoms with Gasteiger partial charge in [0.2, 0.25) is 0 Å². The van der Waals surface area contributed by atoms with Gasteiger partial charge in [-0.1, -0.05) is 17.7 Å². The highest BCUT2D eigenvalue weighted by Gasteiger charge is 2.14. The van der Waals surface area contributed by atoms with Crippen LogP contribution in [0.4, 0.5) is 4.39 Å². The fourth-order valence-corrected chi connectivity index (χ4v) is 1.70. The van der Waals surface area contributed by atoms with E-state index in [0.717, 1.165) is 0 Å². The van der Waals surface area contributed by atoms with Gasteiger partial charge in [0.05, 0.1) is 0 Å². The number of rotatable bonds is 3. The second-order valence-corrected chi connectivity index (χ2v) is 3.79. The Kier molecular flexibility index (Phi) is 3.86. The van der Waals surface area contributed by atoms with Gasteiger partial charge in [0.15, 0.2) is 0 Å². The number of halogens is 2. The summed E-state index contributed by atoms with van der Waals surface area (Å²) in [6, 6.07) is 4.56. The number of nitrogens with one attached hydrogen (secondary N) is 1. The van der Waals surface area contributed by atoms with E-state index in [0.29, 0.717) is 10.6 Å². The molecule has 1 atom stereocenters. The van der Waals surface area contributed by atoms with E-state index in [2.05, 4.69) is 5.43 Å². The second-order valence-electron chi connectivity index (χ2n) is 3.38. The lowest BCUT2D eigenvalue weighted by molar-refractivity contribution is 0.249. The van der Waals surface area contributed by atoms with E-state index in [4.69, 9.17) is 11.6 Å². The lowest BCUT2D eigenvalue weighted by atomic mass is 10.1. The van der Waals surface area contributed by atoms with Gasteiger partial charge in [-0.15, -0.1) is 0 Å². The van der Waals surface area contributed by atoms with Crippen LogP contribution >= 0.6 is 11.6 Å². The molecule has 0 saturated carbocycles. The molecule has 4 heteroatoms. The van der Waals surface area contributed by atoms with Crippen molar-refractivity contribution in [2.45, 2.75) is 13.0 Å². The van der Waals surface area contributed by atoms with Gasteiger partial charge in [-0.2, -0.15) is 0 Å². The first-order valence-corrected chi connectivity index (χ1v) is 4.77. The van der Waals surface area contributed by atoms with Crippen molar-refractivity contribution in [2.75, 3.05) is 14.1 Å². The third-order valence-electron chi connectivity index (χ3n) is 1.88. The molecule has 0 fully saturated rings. The summed E-state index contributed by atoms with van der Waals surface area (Å²) in [5, 5.41) is 2.22. The van der Waals surface area contributed by atoms with Gasteiger partial charge in [-0.25, -0.2) is 9.82 Å². The Bertz CT molecular complexity index is 295. The van der Waals surface area contributed by atoms with Crippen molar-refractivity contribution < 1.29 is 4.39 Å². The van der Waals surface area contributed by atoms with Crippen LogP contribution in [0.5, 0.6) is 0 Å². The topological polar surface area (TPSA) is 15.3 Å². The number of nitrogens with zero attached hydrogens (tertiary/aromatic N) is 1. The number of hydrogen-bond acceptors (Lipinski definition) is 2. The van der Waals surface area contributed by atoms with Gasteiger partial charge in [-0.3, -0.25) is 5.01 Å². The summed E-state index contributed by atoms with van der Waals surface area (Å²) >= 11 is 5.91. The maximum absolute atomic E-state index is 13.4. The van der Waals surface area contributed by atoms with E-state index in [9.17, 15) is 4.39 Å². The van der Waals surface area contributed by atoms with Crippen LogP contribution in [0.15, 0.2) is 18.2 Å². The van der Waals surface area contributed by atoms with Crippen molar-refractivity contribution in [2.24, 2.45) is 0 Å². The standard InChI is InChI=1S/C10H14ClFN2/c1-7(13-14(2)3)10-8(11)5-4-6-9(10)12/h4-7,13H,1-3H3. The summed E-state index contributed by atoms with van der Waals surface area (Å²) < 4.78 is 13.4. The van der Waals surface area contributed by atoms with Gasteiger partial charge < -0.3 is 0 Å². The Labute approximate surface area is 88.6 Å². The minimum Gasteiger partial charge on any atom is -0.250 e. The SMILES string of the molecule is CC(NN(C)C)c1c(F)cccc1Cl. The van der Waals surface area contributed by atoms with E-state index in [-0.39, 0.29) is 11.9 Å². The van der Waals surface area contributed by atoms with Crippen LogP contribution in [0.3, 0.4) is 0 Å². The van der Waals surface area contributed by atoms with Gasteiger partial charge in [0.25, 0.3) is 0 Å². The average Bonchev–Trinajstić information content (AvgIpc) is 2.01. The third kappa shape index (κ3) is 2.67.